The van der Waals surface area contributed by atoms with Crippen LogP contribution in [0.2, 0.25) is 0 Å². The summed E-state index contributed by atoms with van der Waals surface area (Å²) in [5.41, 5.74) is 3.79. The van der Waals surface area contributed by atoms with Crippen molar-refractivity contribution in [1.29, 1.82) is 0 Å². The molecule has 0 atom stereocenters. The van der Waals surface area contributed by atoms with Crippen LogP contribution in [0.1, 0.15) is 47.6 Å². The van der Waals surface area contributed by atoms with Crippen LogP contribution in [0.4, 0.5) is 4.39 Å². The Morgan fingerprint density at radius 2 is 1.85 bits per heavy atom. The lowest BCUT2D eigenvalue weighted by Crippen LogP contribution is -2.27. The van der Waals surface area contributed by atoms with E-state index < -0.39 is 0 Å². The molecule has 1 amide bonds. The smallest absolute Gasteiger partial charge is 0.269 e. The van der Waals surface area contributed by atoms with Crippen molar-refractivity contribution in [2.45, 2.75) is 40.2 Å². The van der Waals surface area contributed by atoms with Gasteiger partial charge in [0.2, 0.25) is 5.88 Å². The Hall–Kier alpha value is -3.82. The summed E-state index contributed by atoms with van der Waals surface area (Å²) in [6, 6.07) is 15.5. The number of fused-ring (bicyclic) bond motifs is 1. The summed E-state index contributed by atoms with van der Waals surface area (Å²) in [7, 11) is 0. The van der Waals surface area contributed by atoms with Gasteiger partial charge >= 0.3 is 0 Å². The molecule has 1 aliphatic rings. The van der Waals surface area contributed by atoms with Gasteiger partial charge < -0.3 is 4.74 Å². The highest BCUT2D eigenvalue weighted by molar-refractivity contribution is 8.26. The van der Waals surface area contributed by atoms with Gasteiger partial charge in [-0.05, 0) is 72.4 Å². The minimum absolute atomic E-state index is 0.116. The Bertz CT molecular complexity index is 1710. The van der Waals surface area contributed by atoms with Crippen LogP contribution in [-0.4, -0.2) is 24.5 Å². The lowest BCUT2D eigenvalue weighted by molar-refractivity contribution is -0.122. The second kappa shape index (κ2) is 10.7. The Labute approximate surface area is 235 Å². The Balaban J connectivity index is 1.61. The third-order valence-electron chi connectivity index (χ3n) is 6.45. The molecule has 0 aliphatic carbocycles. The van der Waals surface area contributed by atoms with Crippen LogP contribution in [-0.2, 0) is 11.3 Å². The zero-order valence-corrected chi connectivity index (χ0v) is 23.5. The van der Waals surface area contributed by atoms with E-state index in [0.717, 1.165) is 34.0 Å². The van der Waals surface area contributed by atoms with Gasteiger partial charge in [0.25, 0.3) is 11.5 Å². The van der Waals surface area contributed by atoms with Crippen molar-refractivity contribution in [3.05, 3.63) is 110 Å². The molecule has 0 N–H and O–H groups in total. The van der Waals surface area contributed by atoms with Crippen molar-refractivity contribution in [2.75, 3.05) is 0 Å². The maximum atomic E-state index is 13.8. The first-order valence-electron chi connectivity index (χ1n) is 12.4. The average Bonchev–Trinajstić information content (AvgIpc) is 3.15. The summed E-state index contributed by atoms with van der Waals surface area (Å²) >= 11 is 6.59. The van der Waals surface area contributed by atoms with E-state index in [-0.39, 0.29) is 46.1 Å². The molecule has 1 aliphatic heterocycles. The first kappa shape index (κ1) is 26.8. The molecular formula is C30H26FN3O3S2. The fourth-order valence-electron chi connectivity index (χ4n) is 4.34. The Morgan fingerprint density at radius 3 is 2.56 bits per heavy atom. The van der Waals surface area contributed by atoms with Gasteiger partial charge in [-0.25, -0.2) is 4.39 Å². The molecular weight excluding hydrogens is 533 g/mol. The number of aromatic nitrogens is 2. The second-order valence-corrected chi connectivity index (χ2v) is 11.4. The molecule has 9 heteroatoms. The van der Waals surface area contributed by atoms with Gasteiger partial charge in [-0.2, -0.15) is 4.98 Å². The minimum Gasteiger partial charge on any atom is -0.438 e. The molecule has 198 valence electrons. The monoisotopic (exact) mass is 559 g/mol. The van der Waals surface area contributed by atoms with Gasteiger partial charge in [-0.1, -0.05) is 68.2 Å². The van der Waals surface area contributed by atoms with Crippen molar-refractivity contribution in [3.63, 3.8) is 0 Å². The van der Waals surface area contributed by atoms with E-state index >= 15 is 0 Å². The predicted molar refractivity (Wildman–Crippen MR) is 157 cm³/mol. The summed E-state index contributed by atoms with van der Waals surface area (Å²) in [5.74, 6) is 0.201. The van der Waals surface area contributed by atoms with Gasteiger partial charge in [-0.3, -0.25) is 18.9 Å². The molecule has 0 saturated carbocycles. The zero-order chi connectivity index (χ0) is 27.8. The molecule has 0 radical (unpaired) electrons. The number of halogens is 1. The maximum Gasteiger partial charge on any atom is 0.269 e. The summed E-state index contributed by atoms with van der Waals surface area (Å²) in [5, 5.41) is 0. The highest BCUT2D eigenvalue weighted by Gasteiger charge is 2.33. The number of carbonyl (C=O) groups is 1. The SMILES string of the molecule is Cc1ccc(C(C)C)c(Oc2nc3c(C)cccn3c(=O)c2/C=C2/SC(=S)N(Cc3ccc(F)cc3)C2=O)c1. The van der Waals surface area contributed by atoms with E-state index in [9.17, 15) is 14.0 Å². The Morgan fingerprint density at radius 1 is 1.10 bits per heavy atom. The molecule has 0 bridgehead atoms. The van der Waals surface area contributed by atoms with E-state index in [0.29, 0.717) is 15.7 Å². The number of benzene rings is 2. The van der Waals surface area contributed by atoms with Crippen molar-refractivity contribution >= 4 is 45.9 Å². The number of rotatable bonds is 6. The fourth-order valence-corrected chi connectivity index (χ4v) is 5.58. The minimum atomic E-state index is -0.360. The topological polar surface area (TPSA) is 63.9 Å². The van der Waals surface area contributed by atoms with E-state index in [1.54, 1.807) is 24.4 Å². The first-order valence-corrected chi connectivity index (χ1v) is 13.6. The zero-order valence-electron chi connectivity index (χ0n) is 21.9. The number of hydrogen-bond acceptors (Lipinski definition) is 6. The number of amides is 1. The second-order valence-electron chi connectivity index (χ2n) is 9.71. The van der Waals surface area contributed by atoms with Crippen LogP contribution in [0.25, 0.3) is 11.7 Å². The fraction of sp³-hybridized carbons (Fsp3) is 0.200. The molecule has 4 aromatic rings. The molecule has 2 aromatic heterocycles. The third-order valence-corrected chi connectivity index (χ3v) is 7.83. The van der Waals surface area contributed by atoms with E-state index in [4.69, 9.17) is 21.9 Å². The molecule has 6 nitrogen and oxygen atoms in total. The number of thioether (sulfide) groups is 1. The standard InChI is InChI=1S/C30H26FN3O3S2/c1-17(2)22-12-7-18(3)14-24(22)37-27-23(28(35)33-13-5-6-19(4)26(33)32-27)15-25-29(36)34(30(38)39-25)16-20-8-10-21(31)11-9-20/h5-15,17H,16H2,1-4H3/b25-15+. The normalized spacial score (nSPS) is 14.7. The lowest BCUT2D eigenvalue weighted by atomic mass is 10.0. The summed E-state index contributed by atoms with van der Waals surface area (Å²) in [6.45, 7) is 8.17. The van der Waals surface area contributed by atoms with Crippen LogP contribution in [0.5, 0.6) is 11.6 Å². The molecule has 39 heavy (non-hydrogen) atoms. The summed E-state index contributed by atoms with van der Waals surface area (Å²) < 4.78 is 21.5. The van der Waals surface area contributed by atoms with Crippen molar-refractivity contribution < 1.29 is 13.9 Å². The number of thiocarbonyl (C=S) groups is 1. The highest BCUT2D eigenvalue weighted by atomic mass is 32.2. The quantitative estimate of drug-likeness (QED) is 0.192. The average molecular weight is 560 g/mol. The first-order chi connectivity index (χ1) is 18.6. The predicted octanol–water partition coefficient (Wildman–Crippen LogP) is 6.77. The van der Waals surface area contributed by atoms with E-state index in [1.165, 1.54) is 27.5 Å². The molecule has 0 spiro atoms. The van der Waals surface area contributed by atoms with Gasteiger partial charge in [0, 0.05) is 6.20 Å². The van der Waals surface area contributed by atoms with Crippen LogP contribution >= 0.6 is 24.0 Å². The van der Waals surface area contributed by atoms with Gasteiger partial charge in [0.05, 0.1) is 11.4 Å². The van der Waals surface area contributed by atoms with Crippen LogP contribution in [0.15, 0.2) is 70.5 Å². The van der Waals surface area contributed by atoms with Crippen molar-refractivity contribution in [2.24, 2.45) is 0 Å². The number of carbonyl (C=O) groups excluding carboxylic acids is 1. The molecule has 0 unspecified atom stereocenters. The molecule has 5 rings (SSSR count). The van der Waals surface area contributed by atoms with Crippen LogP contribution < -0.4 is 10.3 Å². The number of pyridine rings is 1. The molecule has 1 saturated heterocycles. The van der Waals surface area contributed by atoms with Crippen molar-refractivity contribution in [3.8, 4) is 11.6 Å². The Kier molecular flexibility index (Phi) is 7.38. The highest BCUT2D eigenvalue weighted by Crippen LogP contribution is 2.36. The lowest BCUT2D eigenvalue weighted by Gasteiger charge is -2.16. The number of ether oxygens (including phenoxy) is 1. The summed E-state index contributed by atoms with van der Waals surface area (Å²) in [4.78, 5) is 33.6. The van der Waals surface area contributed by atoms with Gasteiger partial charge in [0.15, 0.2) is 0 Å². The largest absolute Gasteiger partial charge is 0.438 e. The maximum absolute atomic E-state index is 13.8. The van der Waals surface area contributed by atoms with Crippen LogP contribution in [0, 0.1) is 19.7 Å². The third kappa shape index (κ3) is 5.37. The molecule has 2 aromatic carbocycles. The van der Waals surface area contributed by atoms with Gasteiger partial charge in [-0.15, -0.1) is 0 Å². The number of aryl methyl sites for hydroxylation is 2. The van der Waals surface area contributed by atoms with Crippen molar-refractivity contribution in [1.82, 2.24) is 14.3 Å². The summed E-state index contributed by atoms with van der Waals surface area (Å²) in [6.07, 6.45) is 3.15. The number of hydrogen-bond donors (Lipinski definition) is 0. The van der Waals surface area contributed by atoms with Crippen LogP contribution in [0.3, 0.4) is 0 Å². The molecule has 3 heterocycles. The molecule has 1 fully saturated rings. The number of nitrogens with zero attached hydrogens (tertiary/aromatic N) is 3. The van der Waals surface area contributed by atoms with Gasteiger partial charge in [0.1, 0.15) is 27.1 Å². The van der Waals surface area contributed by atoms with E-state index in [2.05, 4.69) is 13.8 Å². The van der Waals surface area contributed by atoms with E-state index in [1.807, 2.05) is 38.1 Å².